The summed E-state index contributed by atoms with van der Waals surface area (Å²) in [4.78, 5) is 2.19. The normalized spacial score (nSPS) is 10.8. The monoisotopic (exact) mass is 297 g/mol. The third-order valence-corrected chi connectivity index (χ3v) is 4.07. The van der Waals surface area contributed by atoms with Crippen LogP contribution < -0.4 is 10.1 Å². The third kappa shape index (κ3) is 3.55. The maximum atomic E-state index is 13.8. The van der Waals surface area contributed by atoms with E-state index >= 15 is 0 Å². The molecule has 0 saturated heterocycles. The molecule has 1 heterocycles. The van der Waals surface area contributed by atoms with E-state index in [1.807, 2.05) is 12.1 Å². The van der Waals surface area contributed by atoms with Crippen molar-refractivity contribution in [3.05, 3.63) is 51.2 Å². The van der Waals surface area contributed by atoms with Crippen LogP contribution in [0.1, 0.15) is 22.2 Å². The van der Waals surface area contributed by atoms with Crippen LogP contribution in [-0.2, 0) is 19.6 Å². The number of thiophene rings is 1. The first-order valence-corrected chi connectivity index (χ1v) is 7.28. The first-order valence-electron chi connectivity index (χ1n) is 6.47. The number of rotatable bonds is 6. The second kappa shape index (κ2) is 6.81. The lowest BCUT2D eigenvalue weighted by atomic mass is 10.2. The molecule has 5 heteroatoms. The first-order chi connectivity index (χ1) is 9.63. The summed E-state index contributed by atoms with van der Waals surface area (Å²) >= 11 is 1.60. The first kappa shape index (κ1) is 14.9. The zero-order valence-electron chi connectivity index (χ0n) is 11.5. The third-order valence-electron chi connectivity index (χ3n) is 2.86. The molecule has 0 spiro atoms. The van der Waals surface area contributed by atoms with Gasteiger partial charge >= 0.3 is 0 Å². The van der Waals surface area contributed by atoms with E-state index in [4.69, 9.17) is 4.74 Å². The van der Waals surface area contributed by atoms with Crippen LogP contribution in [0.4, 0.5) is 8.78 Å². The summed E-state index contributed by atoms with van der Waals surface area (Å²) in [5.74, 6) is -1.64. The Balaban J connectivity index is 2.09. The molecule has 0 bridgehead atoms. The van der Waals surface area contributed by atoms with E-state index < -0.39 is 11.6 Å². The maximum Gasteiger partial charge on any atom is 0.191 e. The number of nitrogens with one attached hydrogen (secondary N) is 1. The molecule has 20 heavy (non-hydrogen) atoms. The van der Waals surface area contributed by atoms with Crippen molar-refractivity contribution in [2.75, 3.05) is 7.05 Å². The largest absolute Gasteiger partial charge is 0.482 e. The molecular weight excluding hydrogens is 280 g/mol. The smallest absolute Gasteiger partial charge is 0.191 e. The molecule has 0 radical (unpaired) electrons. The maximum absolute atomic E-state index is 13.8. The van der Waals surface area contributed by atoms with E-state index in [-0.39, 0.29) is 12.4 Å². The summed E-state index contributed by atoms with van der Waals surface area (Å²) in [5.41, 5.74) is 0.555. The average Bonchev–Trinajstić information content (AvgIpc) is 2.86. The van der Waals surface area contributed by atoms with Gasteiger partial charge in [-0.15, -0.1) is 11.3 Å². The van der Waals surface area contributed by atoms with Gasteiger partial charge in [0.15, 0.2) is 17.4 Å². The second-order valence-corrected chi connectivity index (χ2v) is 5.68. The van der Waals surface area contributed by atoms with Gasteiger partial charge in [-0.3, -0.25) is 0 Å². The number of hydrogen-bond donors (Lipinski definition) is 1. The number of benzene rings is 1. The molecule has 0 fully saturated rings. The molecule has 0 aliphatic carbocycles. The summed E-state index contributed by atoms with van der Waals surface area (Å²) in [7, 11) is 1.72. The number of halogens is 2. The molecule has 0 atom stereocenters. The Morgan fingerprint density at radius 2 is 1.80 bits per heavy atom. The summed E-state index contributed by atoms with van der Waals surface area (Å²) < 4.78 is 32.9. The van der Waals surface area contributed by atoms with E-state index in [1.165, 1.54) is 17.0 Å². The van der Waals surface area contributed by atoms with E-state index in [0.717, 1.165) is 11.3 Å². The molecule has 1 N–H and O–H groups in total. The van der Waals surface area contributed by atoms with Crippen molar-refractivity contribution in [1.82, 2.24) is 5.32 Å². The van der Waals surface area contributed by atoms with Crippen LogP contribution in [0.5, 0.6) is 5.75 Å². The molecule has 2 rings (SSSR count). The minimum Gasteiger partial charge on any atom is -0.482 e. The highest BCUT2D eigenvalue weighted by molar-refractivity contribution is 7.11. The SMILES string of the molecule is CCc1ccc(COc2c(F)cc(CNC)cc2F)s1. The van der Waals surface area contributed by atoms with Gasteiger partial charge in [0.2, 0.25) is 0 Å². The van der Waals surface area contributed by atoms with Crippen molar-refractivity contribution in [2.24, 2.45) is 0 Å². The molecular formula is C15H17F2NOS. The van der Waals surface area contributed by atoms with Gasteiger partial charge in [-0.05, 0) is 43.3 Å². The Morgan fingerprint density at radius 3 is 2.35 bits per heavy atom. The van der Waals surface area contributed by atoms with Crippen LogP contribution >= 0.6 is 11.3 Å². The quantitative estimate of drug-likeness (QED) is 0.873. The molecule has 2 nitrogen and oxygen atoms in total. The summed E-state index contributed by atoms with van der Waals surface area (Å²) in [6, 6.07) is 6.52. The van der Waals surface area contributed by atoms with Crippen LogP contribution in [0.15, 0.2) is 24.3 Å². The minimum absolute atomic E-state index is 0.184. The second-order valence-electron chi connectivity index (χ2n) is 4.43. The van der Waals surface area contributed by atoms with Gasteiger partial charge < -0.3 is 10.1 Å². The van der Waals surface area contributed by atoms with E-state index in [2.05, 4.69) is 12.2 Å². The Hall–Kier alpha value is -1.46. The number of ether oxygens (including phenoxy) is 1. The van der Waals surface area contributed by atoms with Crippen LogP contribution in [0.2, 0.25) is 0 Å². The molecule has 1 aromatic carbocycles. The van der Waals surface area contributed by atoms with Crippen LogP contribution in [0.3, 0.4) is 0 Å². The lowest BCUT2D eigenvalue weighted by Crippen LogP contribution is -2.07. The highest BCUT2D eigenvalue weighted by Gasteiger charge is 2.13. The molecule has 0 aliphatic rings. The molecule has 108 valence electrons. The van der Waals surface area contributed by atoms with Crippen molar-refractivity contribution >= 4 is 11.3 Å². The molecule has 2 aromatic rings. The Bertz CT molecular complexity index is 560. The zero-order valence-corrected chi connectivity index (χ0v) is 12.3. The van der Waals surface area contributed by atoms with Gasteiger partial charge in [-0.1, -0.05) is 6.92 Å². The summed E-state index contributed by atoms with van der Waals surface area (Å²) in [6.45, 7) is 2.67. The van der Waals surface area contributed by atoms with Crippen LogP contribution in [0, 0.1) is 11.6 Å². The molecule has 0 amide bonds. The van der Waals surface area contributed by atoms with Crippen molar-refractivity contribution in [3.8, 4) is 5.75 Å². The fourth-order valence-corrected chi connectivity index (χ4v) is 2.76. The Labute approximate surface area is 121 Å². The van der Waals surface area contributed by atoms with Gasteiger partial charge in [0.25, 0.3) is 0 Å². The van der Waals surface area contributed by atoms with Crippen molar-refractivity contribution in [2.45, 2.75) is 26.5 Å². The standard InChI is InChI=1S/C15H17F2NOS/c1-3-11-4-5-12(20-11)9-19-15-13(16)6-10(8-18-2)7-14(15)17/h4-7,18H,3,8-9H2,1-2H3. The lowest BCUT2D eigenvalue weighted by molar-refractivity contribution is 0.276. The van der Waals surface area contributed by atoms with Gasteiger partial charge in [-0.25, -0.2) is 8.78 Å². The molecule has 0 saturated carbocycles. The number of hydrogen-bond acceptors (Lipinski definition) is 3. The van der Waals surface area contributed by atoms with Crippen LogP contribution in [-0.4, -0.2) is 7.05 Å². The minimum atomic E-state index is -0.664. The topological polar surface area (TPSA) is 21.3 Å². The van der Waals surface area contributed by atoms with Crippen LogP contribution in [0.25, 0.3) is 0 Å². The fourth-order valence-electron chi connectivity index (χ4n) is 1.89. The Morgan fingerprint density at radius 1 is 1.15 bits per heavy atom. The van der Waals surface area contributed by atoms with Crippen molar-refractivity contribution in [1.29, 1.82) is 0 Å². The van der Waals surface area contributed by atoms with Crippen molar-refractivity contribution < 1.29 is 13.5 Å². The average molecular weight is 297 g/mol. The summed E-state index contributed by atoms with van der Waals surface area (Å²) in [5, 5.41) is 2.85. The Kier molecular flexibility index (Phi) is 5.09. The van der Waals surface area contributed by atoms with Gasteiger partial charge in [-0.2, -0.15) is 0 Å². The van der Waals surface area contributed by atoms with E-state index in [1.54, 1.807) is 18.4 Å². The highest BCUT2D eigenvalue weighted by atomic mass is 32.1. The fraction of sp³-hybridized carbons (Fsp3) is 0.333. The molecule has 0 aliphatic heterocycles. The van der Waals surface area contributed by atoms with E-state index in [0.29, 0.717) is 12.1 Å². The predicted molar refractivity (Wildman–Crippen MR) is 77.2 cm³/mol. The van der Waals surface area contributed by atoms with Gasteiger partial charge in [0, 0.05) is 16.3 Å². The summed E-state index contributed by atoms with van der Waals surface area (Å²) in [6.07, 6.45) is 0.950. The van der Waals surface area contributed by atoms with Gasteiger partial charge in [0.1, 0.15) is 6.61 Å². The molecule has 1 aromatic heterocycles. The van der Waals surface area contributed by atoms with Gasteiger partial charge in [0.05, 0.1) is 0 Å². The number of aryl methyl sites for hydroxylation is 1. The lowest BCUT2D eigenvalue weighted by Gasteiger charge is -2.09. The molecule has 0 unspecified atom stereocenters. The highest BCUT2D eigenvalue weighted by Crippen LogP contribution is 2.26. The zero-order chi connectivity index (χ0) is 14.5. The van der Waals surface area contributed by atoms with E-state index in [9.17, 15) is 8.78 Å². The predicted octanol–water partition coefficient (Wildman–Crippen LogP) is 3.89. The van der Waals surface area contributed by atoms with Crippen molar-refractivity contribution in [3.63, 3.8) is 0 Å².